The van der Waals surface area contributed by atoms with Crippen molar-refractivity contribution >= 4 is 23.2 Å². The molecule has 0 amide bonds. The molecule has 1 N–H and O–H groups in total. The van der Waals surface area contributed by atoms with Crippen LogP contribution in [0, 0.1) is 0 Å². The van der Waals surface area contributed by atoms with Crippen molar-refractivity contribution in [1.82, 2.24) is 5.32 Å². The number of hydrogen-bond donors (Lipinski definition) is 1. The number of rotatable bonds is 6. The second-order valence-corrected chi connectivity index (χ2v) is 4.26. The summed E-state index contributed by atoms with van der Waals surface area (Å²) in [4.78, 5) is 0. The van der Waals surface area contributed by atoms with Crippen molar-refractivity contribution < 1.29 is 4.74 Å². The molecule has 16 heavy (non-hydrogen) atoms. The number of halogens is 2. The summed E-state index contributed by atoms with van der Waals surface area (Å²) in [5.74, 6) is 0.673. The third-order valence-corrected chi connectivity index (χ3v) is 2.39. The lowest BCUT2D eigenvalue weighted by Crippen LogP contribution is -2.13. The molecule has 0 bridgehead atoms. The molecule has 0 atom stereocenters. The largest absolute Gasteiger partial charge is 0.486 e. The van der Waals surface area contributed by atoms with Gasteiger partial charge in [-0.25, -0.2) is 0 Å². The maximum absolute atomic E-state index is 6.07. The fraction of sp³-hybridized carbons (Fsp3) is 0.333. The zero-order valence-corrected chi connectivity index (χ0v) is 10.7. The quantitative estimate of drug-likeness (QED) is 0.844. The Kier molecular flexibility index (Phi) is 5.67. The molecular formula is C12H15Cl2NO. The summed E-state index contributed by atoms with van der Waals surface area (Å²) in [5, 5.41) is 4.27. The summed E-state index contributed by atoms with van der Waals surface area (Å²) in [5.41, 5.74) is 1.02. The highest BCUT2D eigenvalue weighted by molar-refractivity contribution is 6.32. The topological polar surface area (TPSA) is 21.3 Å². The molecular weight excluding hydrogens is 245 g/mol. The predicted octanol–water partition coefficient (Wildman–Crippen LogP) is 3.58. The molecule has 0 spiro atoms. The van der Waals surface area contributed by atoms with Gasteiger partial charge in [0.15, 0.2) is 0 Å². The van der Waals surface area contributed by atoms with Crippen LogP contribution in [0.5, 0.6) is 5.75 Å². The average molecular weight is 260 g/mol. The van der Waals surface area contributed by atoms with E-state index in [2.05, 4.69) is 11.9 Å². The highest BCUT2D eigenvalue weighted by atomic mass is 35.5. The van der Waals surface area contributed by atoms with E-state index in [1.807, 2.05) is 19.1 Å². The minimum Gasteiger partial charge on any atom is -0.486 e. The maximum Gasteiger partial charge on any atom is 0.142 e. The van der Waals surface area contributed by atoms with Crippen LogP contribution >= 0.6 is 23.2 Å². The molecule has 0 saturated heterocycles. The van der Waals surface area contributed by atoms with Crippen LogP contribution in [0.25, 0.3) is 0 Å². The second kappa shape index (κ2) is 6.79. The Balaban J connectivity index is 2.80. The second-order valence-electron chi connectivity index (χ2n) is 3.31. The monoisotopic (exact) mass is 259 g/mol. The summed E-state index contributed by atoms with van der Waals surface area (Å²) < 4.78 is 5.52. The van der Waals surface area contributed by atoms with Gasteiger partial charge < -0.3 is 10.1 Å². The maximum atomic E-state index is 6.07. The van der Waals surface area contributed by atoms with Gasteiger partial charge in [-0.2, -0.15) is 0 Å². The molecule has 0 radical (unpaired) electrons. The number of ether oxygens (including phenoxy) is 1. The van der Waals surface area contributed by atoms with Crippen molar-refractivity contribution in [2.24, 2.45) is 0 Å². The van der Waals surface area contributed by atoms with Crippen molar-refractivity contribution in [2.75, 3.05) is 13.2 Å². The van der Waals surface area contributed by atoms with Gasteiger partial charge in [0.2, 0.25) is 0 Å². The van der Waals surface area contributed by atoms with Crippen molar-refractivity contribution in [3.63, 3.8) is 0 Å². The number of para-hydroxylation sites is 1. The van der Waals surface area contributed by atoms with E-state index in [9.17, 15) is 0 Å². The van der Waals surface area contributed by atoms with Gasteiger partial charge >= 0.3 is 0 Å². The first kappa shape index (κ1) is 13.4. The Morgan fingerprint density at radius 2 is 2.25 bits per heavy atom. The Labute approximate surface area is 106 Å². The summed E-state index contributed by atoms with van der Waals surface area (Å²) >= 11 is 11.7. The molecule has 0 aliphatic rings. The first-order chi connectivity index (χ1) is 7.65. The standard InChI is InChI=1S/C12H15Cl2NO/c1-3-15-7-10-5-4-6-11(14)12(10)16-8-9(2)13/h4-6,15H,2-3,7-8H2,1H3. The Hall–Kier alpha value is -0.700. The fourth-order valence-electron chi connectivity index (χ4n) is 1.26. The minimum absolute atomic E-state index is 0.268. The van der Waals surface area contributed by atoms with Gasteiger partial charge in [0.05, 0.1) is 5.02 Å². The summed E-state index contributed by atoms with van der Waals surface area (Å²) in [6.07, 6.45) is 0. The zero-order chi connectivity index (χ0) is 12.0. The zero-order valence-electron chi connectivity index (χ0n) is 9.22. The van der Waals surface area contributed by atoms with Crippen LogP contribution in [-0.4, -0.2) is 13.2 Å². The number of benzene rings is 1. The van der Waals surface area contributed by atoms with E-state index >= 15 is 0 Å². The van der Waals surface area contributed by atoms with E-state index in [1.54, 1.807) is 6.07 Å². The number of hydrogen-bond acceptors (Lipinski definition) is 2. The van der Waals surface area contributed by atoms with E-state index in [4.69, 9.17) is 27.9 Å². The lowest BCUT2D eigenvalue weighted by Gasteiger charge is -2.12. The fourth-order valence-corrected chi connectivity index (χ4v) is 1.57. The lowest BCUT2D eigenvalue weighted by molar-refractivity contribution is 0.354. The average Bonchev–Trinajstić information content (AvgIpc) is 2.24. The molecule has 88 valence electrons. The van der Waals surface area contributed by atoms with E-state index in [-0.39, 0.29) is 6.61 Å². The van der Waals surface area contributed by atoms with E-state index in [1.165, 1.54) is 0 Å². The molecule has 0 aliphatic heterocycles. The van der Waals surface area contributed by atoms with Crippen molar-refractivity contribution in [2.45, 2.75) is 13.5 Å². The molecule has 1 aromatic rings. The molecule has 4 heteroatoms. The van der Waals surface area contributed by atoms with Gasteiger partial charge in [-0.3, -0.25) is 0 Å². The van der Waals surface area contributed by atoms with Crippen LogP contribution in [0.1, 0.15) is 12.5 Å². The van der Waals surface area contributed by atoms with Gasteiger partial charge in [-0.1, -0.05) is 48.8 Å². The predicted molar refractivity (Wildman–Crippen MR) is 69.3 cm³/mol. The molecule has 0 saturated carbocycles. The normalized spacial score (nSPS) is 10.2. The van der Waals surface area contributed by atoms with Gasteiger partial charge in [0.25, 0.3) is 0 Å². The third kappa shape index (κ3) is 4.05. The van der Waals surface area contributed by atoms with Crippen LogP contribution in [0.15, 0.2) is 29.8 Å². The molecule has 0 heterocycles. The Morgan fingerprint density at radius 1 is 1.50 bits per heavy atom. The molecule has 0 unspecified atom stereocenters. The highest BCUT2D eigenvalue weighted by Crippen LogP contribution is 2.29. The first-order valence-corrected chi connectivity index (χ1v) is 5.85. The summed E-state index contributed by atoms with van der Waals surface area (Å²) in [6.45, 7) is 7.51. The van der Waals surface area contributed by atoms with Crippen LogP contribution in [0.4, 0.5) is 0 Å². The SMILES string of the molecule is C=C(Cl)COc1c(Cl)cccc1CNCC. The van der Waals surface area contributed by atoms with E-state index in [0.29, 0.717) is 15.8 Å². The molecule has 0 fully saturated rings. The van der Waals surface area contributed by atoms with Crippen LogP contribution in [0.3, 0.4) is 0 Å². The Morgan fingerprint density at radius 3 is 2.88 bits per heavy atom. The van der Waals surface area contributed by atoms with Crippen LogP contribution in [-0.2, 0) is 6.54 Å². The first-order valence-electron chi connectivity index (χ1n) is 5.09. The van der Waals surface area contributed by atoms with Gasteiger partial charge in [-0.15, -0.1) is 0 Å². The smallest absolute Gasteiger partial charge is 0.142 e. The lowest BCUT2D eigenvalue weighted by atomic mass is 10.2. The number of nitrogens with one attached hydrogen (secondary N) is 1. The molecule has 1 rings (SSSR count). The summed E-state index contributed by atoms with van der Waals surface area (Å²) in [6, 6.07) is 5.67. The minimum atomic E-state index is 0.268. The van der Waals surface area contributed by atoms with E-state index in [0.717, 1.165) is 18.7 Å². The molecule has 0 aromatic heterocycles. The van der Waals surface area contributed by atoms with Crippen molar-refractivity contribution in [1.29, 1.82) is 0 Å². The molecule has 2 nitrogen and oxygen atoms in total. The van der Waals surface area contributed by atoms with Crippen LogP contribution < -0.4 is 10.1 Å². The molecule has 0 aliphatic carbocycles. The highest BCUT2D eigenvalue weighted by Gasteiger charge is 2.08. The van der Waals surface area contributed by atoms with Crippen molar-refractivity contribution in [3.8, 4) is 5.75 Å². The van der Waals surface area contributed by atoms with E-state index < -0.39 is 0 Å². The van der Waals surface area contributed by atoms with Crippen molar-refractivity contribution in [3.05, 3.63) is 40.4 Å². The van der Waals surface area contributed by atoms with Gasteiger partial charge in [-0.05, 0) is 12.6 Å². The third-order valence-electron chi connectivity index (χ3n) is 1.99. The van der Waals surface area contributed by atoms with Gasteiger partial charge in [0, 0.05) is 17.1 Å². The molecule has 1 aromatic carbocycles. The van der Waals surface area contributed by atoms with Gasteiger partial charge in [0.1, 0.15) is 12.4 Å². The Bertz CT molecular complexity index is 366. The van der Waals surface area contributed by atoms with Crippen LogP contribution in [0.2, 0.25) is 5.02 Å². The summed E-state index contributed by atoms with van der Waals surface area (Å²) in [7, 11) is 0.